The molecule has 0 spiro atoms. The summed E-state index contributed by atoms with van der Waals surface area (Å²) < 4.78 is 0. The third-order valence-electron chi connectivity index (χ3n) is 2.56. The summed E-state index contributed by atoms with van der Waals surface area (Å²) in [6.07, 6.45) is 3.31. The van der Waals surface area contributed by atoms with Crippen molar-refractivity contribution < 1.29 is 10.0 Å². The standard InChI is InChI=1S/C14H13N3O2/c18-14(16-10-11-6-8-15-9-7-11)13(17-19)12-4-2-1-3-5-12/h1-9,19H,10H2,(H,16,18)/b17-13-. The van der Waals surface area contributed by atoms with Crippen molar-refractivity contribution in [2.45, 2.75) is 6.54 Å². The monoisotopic (exact) mass is 255 g/mol. The van der Waals surface area contributed by atoms with Crippen molar-refractivity contribution in [2.75, 3.05) is 0 Å². The Labute approximate surface area is 110 Å². The Bertz CT molecular complexity index is 568. The maximum atomic E-state index is 11.9. The second kappa shape index (κ2) is 6.30. The molecule has 0 saturated heterocycles. The summed E-state index contributed by atoms with van der Waals surface area (Å²) in [6, 6.07) is 12.4. The van der Waals surface area contributed by atoms with Crippen molar-refractivity contribution in [3.8, 4) is 0 Å². The van der Waals surface area contributed by atoms with Crippen molar-refractivity contribution in [3.63, 3.8) is 0 Å². The van der Waals surface area contributed by atoms with Gasteiger partial charge < -0.3 is 10.5 Å². The van der Waals surface area contributed by atoms with E-state index >= 15 is 0 Å². The number of rotatable bonds is 4. The second-order valence-electron chi connectivity index (χ2n) is 3.85. The molecule has 0 saturated carbocycles. The van der Waals surface area contributed by atoms with Crippen LogP contribution in [-0.2, 0) is 11.3 Å². The highest BCUT2D eigenvalue weighted by atomic mass is 16.4. The van der Waals surface area contributed by atoms with E-state index < -0.39 is 5.91 Å². The van der Waals surface area contributed by atoms with Crippen LogP contribution in [0.15, 0.2) is 60.0 Å². The van der Waals surface area contributed by atoms with Gasteiger partial charge in [0.25, 0.3) is 5.91 Å². The fourth-order valence-electron chi connectivity index (χ4n) is 1.60. The van der Waals surface area contributed by atoms with Crippen molar-refractivity contribution in [1.82, 2.24) is 10.3 Å². The molecular formula is C14H13N3O2. The molecule has 5 nitrogen and oxygen atoms in total. The van der Waals surface area contributed by atoms with Gasteiger partial charge in [-0.05, 0) is 17.7 Å². The molecule has 1 heterocycles. The SMILES string of the molecule is O=C(NCc1ccncc1)/C(=N\O)c1ccccc1. The largest absolute Gasteiger partial charge is 0.410 e. The average molecular weight is 255 g/mol. The zero-order chi connectivity index (χ0) is 13.5. The molecule has 0 radical (unpaired) electrons. The summed E-state index contributed by atoms with van der Waals surface area (Å²) >= 11 is 0. The van der Waals surface area contributed by atoms with E-state index in [1.165, 1.54) is 0 Å². The van der Waals surface area contributed by atoms with Crippen LogP contribution >= 0.6 is 0 Å². The second-order valence-corrected chi connectivity index (χ2v) is 3.85. The first-order valence-corrected chi connectivity index (χ1v) is 5.76. The van der Waals surface area contributed by atoms with Gasteiger partial charge in [-0.1, -0.05) is 35.5 Å². The molecule has 0 fully saturated rings. The Morgan fingerprint density at radius 3 is 2.47 bits per heavy atom. The van der Waals surface area contributed by atoms with Gasteiger partial charge in [0.2, 0.25) is 0 Å². The third kappa shape index (κ3) is 3.38. The van der Waals surface area contributed by atoms with Gasteiger partial charge in [-0.2, -0.15) is 0 Å². The van der Waals surface area contributed by atoms with Crippen molar-refractivity contribution in [2.24, 2.45) is 5.16 Å². The number of oxime groups is 1. The summed E-state index contributed by atoms with van der Waals surface area (Å²) in [5, 5.41) is 14.7. The average Bonchev–Trinajstić information content (AvgIpc) is 2.48. The minimum atomic E-state index is -0.425. The number of hydrogen-bond acceptors (Lipinski definition) is 4. The van der Waals surface area contributed by atoms with Crippen LogP contribution < -0.4 is 5.32 Å². The minimum Gasteiger partial charge on any atom is -0.410 e. The van der Waals surface area contributed by atoms with Crippen LogP contribution in [0.25, 0.3) is 0 Å². The molecule has 0 bridgehead atoms. The lowest BCUT2D eigenvalue weighted by Gasteiger charge is -2.06. The summed E-state index contributed by atoms with van der Waals surface area (Å²) in [6.45, 7) is 0.354. The molecule has 5 heteroatoms. The number of aromatic nitrogens is 1. The molecule has 96 valence electrons. The molecule has 2 rings (SSSR count). The Morgan fingerprint density at radius 2 is 1.84 bits per heavy atom. The highest BCUT2D eigenvalue weighted by Gasteiger charge is 2.13. The lowest BCUT2D eigenvalue weighted by atomic mass is 10.1. The van der Waals surface area contributed by atoms with Gasteiger partial charge in [-0.25, -0.2) is 0 Å². The van der Waals surface area contributed by atoms with Crippen LogP contribution in [0.2, 0.25) is 0 Å². The van der Waals surface area contributed by atoms with Crippen LogP contribution in [0.1, 0.15) is 11.1 Å². The zero-order valence-corrected chi connectivity index (χ0v) is 10.2. The first-order chi connectivity index (χ1) is 9.31. The molecule has 0 aliphatic carbocycles. The van der Waals surface area contributed by atoms with E-state index in [-0.39, 0.29) is 5.71 Å². The summed E-state index contributed by atoms with van der Waals surface area (Å²) in [5.41, 5.74) is 1.49. The van der Waals surface area contributed by atoms with Crippen molar-refractivity contribution in [3.05, 3.63) is 66.0 Å². The molecule has 19 heavy (non-hydrogen) atoms. The molecule has 1 amide bonds. The van der Waals surface area contributed by atoms with Crippen LogP contribution in [0.5, 0.6) is 0 Å². The molecule has 2 N–H and O–H groups in total. The first-order valence-electron chi connectivity index (χ1n) is 5.76. The number of amides is 1. The number of nitrogens with one attached hydrogen (secondary N) is 1. The Morgan fingerprint density at radius 1 is 1.16 bits per heavy atom. The fraction of sp³-hybridized carbons (Fsp3) is 0.0714. The minimum absolute atomic E-state index is 0.00495. The van der Waals surface area contributed by atoms with E-state index in [1.54, 1.807) is 48.8 Å². The smallest absolute Gasteiger partial charge is 0.274 e. The van der Waals surface area contributed by atoms with E-state index in [0.29, 0.717) is 12.1 Å². The Hall–Kier alpha value is -2.69. The number of benzene rings is 1. The van der Waals surface area contributed by atoms with Gasteiger partial charge in [0.05, 0.1) is 0 Å². The summed E-state index contributed by atoms with van der Waals surface area (Å²) in [7, 11) is 0. The highest BCUT2D eigenvalue weighted by molar-refractivity contribution is 6.45. The zero-order valence-electron chi connectivity index (χ0n) is 10.2. The lowest BCUT2D eigenvalue weighted by Crippen LogP contribution is -2.31. The van der Waals surface area contributed by atoms with Gasteiger partial charge >= 0.3 is 0 Å². The number of carbonyl (C=O) groups excluding carboxylic acids is 1. The molecule has 0 aliphatic rings. The quantitative estimate of drug-likeness (QED) is 0.495. The number of nitrogens with zero attached hydrogens (tertiary/aromatic N) is 2. The molecule has 1 aromatic heterocycles. The van der Waals surface area contributed by atoms with Gasteiger partial charge in [-0.3, -0.25) is 9.78 Å². The van der Waals surface area contributed by atoms with Gasteiger partial charge in [0.1, 0.15) is 0 Å². The first kappa shape index (κ1) is 12.8. The van der Waals surface area contributed by atoms with E-state index in [9.17, 15) is 4.79 Å². The van der Waals surface area contributed by atoms with Crippen LogP contribution in [0, 0.1) is 0 Å². The maximum Gasteiger partial charge on any atom is 0.274 e. The van der Waals surface area contributed by atoms with Gasteiger partial charge in [0.15, 0.2) is 5.71 Å². The van der Waals surface area contributed by atoms with E-state index in [4.69, 9.17) is 5.21 Å². The molecule has 1 aromatic carbocycles. The Kier molecular flexibility index (Phi) is 4.23. The van der Waals surface area contributed by atoms with E-state index in [2.05, 4.69) is 15.5 Å². The molecule has 2 aromatic rings. The third-order valence-corrected chi connectivity index (χ3v) is 2.56. The number of pyridine rings is 1. The van der Waals surface area contributed by atoms with Crippen LogP contribution in [-0.4, -0.2) is 21.8 Å². The topological polar surface area (TPSA) is 74.6 Å². The number of carbonyl (C=O) groups is 1. The predicted molar refractivity (Wildman–Crippen MR) is 70.8 cm³/mol. The fourth-order valence-corrected chi connectivity index (χ4v) is 1.60. The van der Waals surface area contributed by atoms with E-state index in [0.717, 1.165) is 5.56 Å². The summed E-state index contributed by atoms with van der Waals surface area (Å²) in [4.78, 5) is 15.8. The Balaban J connectivity index is 2.03. The number of hydrogen-bond donors (Lipinski definition) is 2. The van der Waals surface area contributed by atoms with Crippen LogP contribution in [0.3, 0.4) is 0 Å². The van der Waals surface area contributed by atoms with Gasteiger partial charge in [0, 0.05) is 24.5 Å². The van der Waals surface area contributed by atoms with Crippen LogP contribution in [0.4, 0.5) is 0 Å². The summed E-state index contributed by atoms with van der Waals surface area (Å²) in [5.74, 6) is -0.425. The molecule has 0 atom stereocenters. The lowest BCUT2D eigenvalue weighted by molar-refractivity contribution is -0.115. The highest BCUT2D eigenvalue weighted by Crippen LogP contribution is 2.02. The molecule has 0 unspecified atom stereocenters. The molecular weight excluding hydrogens is 242 g/mol. The maximum absolute atomic E-state index is 11.9. The van der Waals surface area contributed by atoms with Gasteiger partial charge in [-0.15, -0.1) is 0 Å². The molecule has 0 aliphatic heterocycles. The predicted octanol–water partition coefficient (Wildman–Crippen LogP) is 1.58. The van der Waals surface area contributed by atoms with Crippen molar-refractivity contribution in [1.29, 1.82) is 0 Å². The van der Waals surface area contributed by atoms with Crippen molar-refractivity contribution >= 4 is 11.6 Å². The van der Waals surface area contributed by atoms with E-state index in [1.807, 2.05) is 6.07 Å². The normalized spacial score (nSPS) is 11.1.